The third-order valence-electron chi connectivity index (χ3n) is 4.63. The van der Waals surface area contributed by atoms with Gasteiger partial charge in [0.25, 0.3) is 6.01 Å². The van der Waals surface area contributed by atoms with Gasteiger partial charge in [-0.2, -0.15) is 4.98 Å². The lowest BCUT2D eigenvalue weighted by Gasteiger charge is -2.24. The average molecular weight is 378 g/mol. The Morgan fingerprint density at radius 3 is 2.78 bits per heavy atom. The summed E-state index contributed by atoms with van der Waals surface area (Å²) in [5.41, 5.74) is 0.334. The molecule has 12 heteroatoms. The second kappa shape index (κ2) is 6.87. The molecule has 144 valence electrons. The Labute approximate surface area is 152 Å². The van der Waals surface area contributed by atoms with Gasteiger partial charge in [-0.1, -0.05) is 0 Å². The summed E-state index contributed by atoms with van der Waals surface area (Å²) >= 11 is 0. The monoisotopic (exact) mass is 378 g/mol. The van der Waals surface area contributed by atoms with E-state index in [0.29, 0.717) is 51.8 Å². The summed E-state index contributed by atoms with van der Waals surface area (Å²) in [6, 6.07) is 1.38. The van der Waals surface area contributed by atoms with Crippen molar-refractivity contribution in [3.8, 4) is 0 Å². The highest BCUT2D eigenvalue weighted by molar-refractivity contribution is 5.79. The number of nitrogens with zero attached hydrogens (tertiary/aromatic N) is 5. The van der Waals surface area contributed by atoms with E-state index < -0.39 is 11.0 Å². The van der Waals surface area contributed by atoms with E-state index >= 15 is 0 Å². The normalized spacial score (nSPS) is 20.2. The molecule has 0 bridgehead atoms. The number of fused-ring (bicyclic) bond motifs is 1. The third kappa shape index (κ3) is 3.43. The van der Waals surface area contributed by atoms with Crippen LogP contribution < -0.4 is 15.1 Å². The molecule has 0 spiro atoms. The summed E-state index contributed by atoms with van der Waals surface area (Å²) in [7, 11) is 0. The Hall–Kier alpha value is -3.15. The highest BCUT2D eigenvalue weighted by Gasteiger charge is 2.31. The first kappa shape index (κ1) is 17.3. The molecule has 4 heterocycles. The number of hydrogen-bond acceptors (Lipinski definition) is 9. The van der Waals surface area contributed by atoms with Gasteiger partial charge in [-0.3, -0.25) is 10.1 Å². The topological polar surface area (TPSA) is 147 Å². The molecule has 1 amide bonds. The van der Waals surface area contributed by atoms with Crippen LogP contribution in [0.25, 0.3) is 11.2 Å². The summed E-state index contributed by atoms with van der Waals surface area (Å²) in [6.45, 7) is 3.12. The summed E-state index contributed by atoms with van der Waals surface area (Å²) in [4.78, 5) is 34.1. The second-order valence-electron chi connectivity index (χ2n) is 6.39. The zero-order valence-electron chi connectivity index (χ0n) is 14.3. The molecule has 0 saturated carbocycles. The van der Waals surface area contributed by atoms with Gasteiger partial charge in [-0.25, -0.2) is 9.78 Å². The average Bonchev–Trinajstić information content (AvgIpc) is 3.27. The predicted octanol–water partition coefficient (Wildman–Crippen LogP) is 0.814. The van der Waals surface area contributed by atoms with E-state index in [1.807, 2.05) is 4.90 Å². The number of nitrogens with one attached hydrogen (secondary N) is 1. The van der Waals surface area contributed by atoms with Crippen LogP contribution in [0.15, 0.2) is 10.5 Å². The van der Waals surface area contributed by atoms with Crippen molar-refractivity contribution in [2.45, 2.75) is 12.5 Å². The van der Waals surface area contributed by atoms with Gasteiger partial charge in [0.15, 0.2) is 5.58 Å². The summed E-state index contributed by atoms with van der Waals surface area (Å²) in [5, 5.41) is 22.8. The van der Waals surface area contributed by atoms with E-state index in [0.717, 1.165) is 0 Å². The molecule has 0 aliphatic carbocycles. The lowest BCUT2D eigenvalue weighted by molar-refractivity contribution is -0.384. The molecule has 2 fully saturated rings. The van der Waals surface area contributed by atoms with Crippen LogP contribution >= 0.6 is 0 Å². The molecule has 0 aromatic carbocycles. The molecule has 1 atom stereocenters. The van der Waals surface area contributed by atoms with E-state index in [1.54, 1.807) is 4.90 Å². The molecule has 2 saturated heterocycles. The van der Waals surface area contributed by atoms with Gasteiger partial charge in [0, 0.05) is 26.2 Å². The molecule has 2 aliphatic heterocycles. The number of amides is 1. The summed E-state index contributed by atoms with van der Waals surface area (Å²) in [6.07, 6.45) is -0.576. The van der Waals surface area contributed by atoms with Crippen LogP contribution in [0.4, 0.5) is 22.3 Å². The fourth-order valence-corrected chi connectivity index (χ4v) is 3.33. The first-order valence-electron chi connectivity index (χ1n) is 8.54. The number of hydrogen-bond donors (Lipinski definition) is 2. The van der Waals surface area contributed by atoms with Crippen LogP contribution in [-0.4, -0.2) is 71.5 Å². The molecule has 12 nitrogen and oxygen atoms in total. The zero-order chi connectivity index (χ0) is 19.0. The predicted molar refractivity (Wildman–Crippen MR) is 93.3 cm³/mol. The van der Waals surface area contributed by atoms with Crippen LogP contribution in [0, 0.1) is 10.1 Å². The maximum Gasteiger partial charge on any atom is 0.404 e. The molecular weight excluding hydrogens is 360 g/mol. The summed E-state index contributed by atoms with van der Waals surface area (Å²) in [5.74, 6) is 0.170. The maximum atomic E-state index is 11.5. The van der Waals surface area contributed by atoms with Crippen molar-refractivity contribution >= 4 is 34.8 Å². The standard InChI is InChI=1S/C15H18N6O6/c22-15(23)16-9-1-2-20(8-9)13-10(21(24)25)7-11-12(17-13)18-14(27-11)19-3-5-26-6-4-19/h7,9,16H,1-6,8H2,(H,22,23)/t9-/m1/s1. The van der Waals surface area contributed by atoms with Crippen LogP contribution in [0.3, 0.4) is 0 Å². The van der Waals surface area contributed by atoms with E-state index in [2.05, 4.69) is 15.3 Å². The Balaban J connectivity index is 1.66. The molecule has 0 radical (unpaired) electrons. The van der Waals surface area contributed by atoms with Crippen molar-refractivity contribution in [2.75, 3.05) is 49.2 Å². The zero-order valence-corrected chi connectivity index (χ0v) is 14.3. The van der Waals surface area contributed by atoms with Gasteiger partial charge in [0.05, 0.1) is 30.2 Å². The third-order valence-corrected chi connectivity index (χ3v) is 4.63. The second-order valence-corrected chi connectivity index (χ2v) is 6.39. The van der Waals surface area contributed by atoms with Gasteiger partial charge in [-0.15, -0.1) is 0 Å². The molecule has 0 unspecified atom stereocenters. The van der Waals surface area contributed by atoms with Crippen LogP contribution in [0.5, 0.6) is 0 Å². The number of morpholine rings is 1. The minimum atomic E-state index is -1.12. The van der Waals surface area contributed by atoms with Crippen LogP contribution in [0.2, 0.25) is 0 Å². The molecule has 27 heavy (non-hydrogen) atoms. The molecule has 2 aliphatic rings. The van der Waals surface area contributed by atoms with E-state index in [4.69, 9.17) is 14.3 Å². The SMILES string of the molecule is O=C(O)N[C@@H]1CCN(c2nc3nc(N4CCOCC4)oc3cc2[N+](=O)[O-])C1. The molecule has 2 aromatic rings. The molecule has 2 aromatic heterocycles. The largest absolute Gasteiger partial charge is 0.465 e. The highest BCUT2D eigenvalue weighted by atomic mass is 16.6. The number of nitro groups is 1. The molecular formula is C15H18N6O6. The number of pyridine rings is 1. The number of oxazole rings is 1. The lowest BCUT2D eigenvalue weighted by atomic mass is 10.3. The Bertz CT molecular complexity index is 879. The van der Waals surface area contributed by atoms with Crippen molar-refractivity contribution < 1.29 is 24.0 Å². The van der Waals surface area contributed by atoms with Crippen LogP contribution in [0.1, 0.15) is 6.42 Å². The van der Waals surface area contributed by atoms with Crippen LogP contribution in [-0.2, 0) is 4.74 Å². The molecule has 2 N–H and O–H groups in total. The number of carboxylic acid groups (broad SMARTS) is 1. The fraction of sp³-hybridized carbons (Fsp3) is 0.533. The van der Waals surface area contributed by atoms with Crippen molar-refractivity contribution in [3.05, 3.63) is 16.2 Å². The number of rotatable bonds is 4. The quantitative estimate of drug-likeness (QED) is 0.578. The smallest absolute Gasteiger partial charge is 0.404 e. The van der Waals surface area contributed by atoms with E-state index in [-0.39, 0.29) is 28.8 Å². The molecule has 4 rings (SSSR count). The van der Waals surface area contributed by atoms with Gasteiger partial charge < -0.3 is 29.4 Å². The highest BCUT2D eigenvalue weighted by Crippen LogP contribution is 2.33. The van der Waals surface area contributed by atoms with E-state index in [1.165, 1.54) is 6.07 Å². The first-order valence-corrected chi connectivity index (χ1v) is 8.54. The van der Waals surface area contributed by atoms with Gasteiger partial charge in [0.2, 0.25) is 11.5 Å². The van der Waals surface area contributed by atoms with Crippen molar-refractivity contribution in [1.29, 1.82) is 0 Å². The number of anilines is 2. The minimum Gasteiger partial charge on any atom is -0.465 e. The van der Waals surface area contributed by atoms with Gasteiger partial charge >= 0.3 is 11.8 Å². The minimum absolute atomic E-state index is 0.170. The van der Waals surface area contributed by atoms with Crippen molar-refractivity contribution in [1.82, 2.24) is 15.3 Å². The number of carbonyl (C=O) groups is 1. The van der Waals surface area contributed by atoms with Crippen molar-refractivity contribution in [2.24, 2.45) is 0 Å². The fourth-order valence-electron chi connectivity index (χ4n) is 3.33. The Kier molecular flexibility index (Phi) is 4.39. The number of aromatic nitrogens is 2. The van der Waals surface area contributed by atoms with E-state index in [9.17, 15) is 14.9 Å². The first-order chi connectivity index (χ1) is 13.0. The lowest BCUT2D eigenvalue weighted by Crippen LogP contribution is -2.36. The number of ether oxygens (including phenoxy) is 1. The summed E-state index contributed by atoms with van der Waals surface area (Å²) < 4.78 is 11.0. The van der Waals surface area contributed by atoms with Gasteiger partial charge in [0.1, 0.15) is 0 Å². The van der Waals surface area contributed by atoms with Gasteiger partial charge in [-0.05, 0) is 6.42 Å². The Morgan fingerprint density at radius 1 is 1.30 bits per heavy atom. The van der Waals surface area contributed by atoms with Crippen molar-refractivity contribution in [3.63, 3.8) is 0 Å². The Morgan fingerprint density at radius 2 is 2.07 bits per heavy atom. The maximum absolute atomic E-state index is 11.5.